The average Bonchev–Trinajstić information content (AvgIpc) is 2.27. The van der Waals surface area contributed by atoms with Crippen molar-refractivity contribution in [3.63, 3.8) is 0 Å². The highest BCUT2D eigenvalue weighted by molar-refractivity contribution is 9.10. The van der Waals surface area contributed by atoms with Crippen molar-refractivity contribution in [2.45, 2.75) is 6.42 Å². The van der Waals surface area contributed by atoms with E-state index >= 15 is 0 Å². The minimum Gasteiger partial charge on any atom is -0.481 e. The summed E-state index contributed by atoms with van der Waals surface area (Å²) in [6, 6.07) is 3.97. The summed E-state index contributed by atoms with van der Waals surface area (Å²) in [6.07, 6.45) is 0.0662. The van der Waals surface area contributed by atoms with Gasteiger partial charge in [-0.25, -0.2) is 9.18 Å². The molecule has 102 valence electrons. The molecule has 0 aromatic heterocycles. The van der Waals surface area contributed by atoms with Crippen molar-refractivity contribution >= 4 is 33.6 Å². The standard InChI is InChI=1S/C12H12BrFN2O3/c13-9-2-1-8(4-10(9)14)15-12(19)16-5-7(6-16)3-11(17)18/h1-2,4,7H,3,5-6H2,(H,15,19)(H,17,18). The number of amides is 2. The molecule has 5 nitrogen and oxygen atoms in total. The molecule has 0 aliphatic carbocycles. The van der Waals surface area contributed by atoms with Crippen molar-refractivity contribution in [1.29, 1.82) is 0 Å². The molecular formula is C12H12BrFN2O3. The summed E-state index contributed by atoms with van der Waals surface area (Å²) in [7, 11) is 0. The summed E-state index contributed by atoms with van der Waals surface area (Å²) in [5.41, 5.74) is 0.368. The first kappa shape index (κ1) is 13.8. The predicted octanol–water partition coefficient (Wildman–Crippen LogP) is 2.53. The highest BCUT2D eigenvalue weighted by Crippen LogP contribution is 2.22. The monoisotopic (exact) mass is 330 g/mol. The van der Waals surface area contributed by atoms with Crippen LogP contribution in [0.15, 0.2) is 22.7 Å². The van der Waals surface area contributed by atoms with E-state index in [0.717, 1.165) is 0 Å². The number of aliphatic carboxylic acids is 1. The summed E-state index contributed by atoms with van der Waals surface area (Å²) in [6.45, 7) is 0.828. The van der Waals surface area contributed by atoms with E-state index in [2.05, 4.69) is 21.2 Å². The zero-order chi connectivity index (χ0) is 14.0. The molecule has 0 radical (unpaired) electrons. The number of anilines is 1. The number of rotatable bonds is 3. The van der Waals surface area contributed by atoms with Crippen LogP contribution in [0.4, 0.5) is 14.9 Å². The Kier molecular flexibility index (Phi) is 4.04. The number of nitrogens with zero attached hydrogens (tertiary/aromatic N) is 1. The molecule has 0 unspecified atom stereocenters. The van der Waals surface area contributed by atoms with Gasteiger partial charge >= 0.3 is 12.0 Å². The molecule has 1 fully saturated rings. The molecular weight excluding hydrogens is 319 g/mol. The quantitative estimate of drug-likeness (QED) is 0.894. The van der Waals surface area contributed by atoms with Gasteiger partial charge in [0.15, 0.2) is 0 Å². The van der Waals surface area contributed by atoms with Gasteiger partial charge in [-0.15, -0.1) is 0 Å². The van der Waals surface area contributed by atoms with Crippen molar-refractivity contribution < 1.29 is 19.1 Å². The maximum absolute atomic E-state index is 13.3. The largest absolute Gasteiger partial charge is 0.481 e. The normalized spacial score (nSPS) is 14.9. The van der Waals surface area contributed by atoms with E-state index in [4.69, 9.17) is 5.11 Å². The van der Waals surface area contributed by atoms with Crippen LogP contribution in [0.2, 0.25) is 0 Å². The van der Waals surface area contributed by atoms with Gasteiger partial charge in [0, 0.05) is 24.7 Å². The van der Waals surface area contributed by atoms with E-state index in [-0.39, 0.29) is 18.4 Å². The maximum Gasteiger partial charge on any atom is 0.321 e. The van der Waals surface area contributed by atoms with Crippen LogP contribution >= 0.6 is 15.9 Å². The third-order valence-corrected chi connectivity index (χ3v) is 3.52. The van der Waals surface area contributed by atoms with E-state index < -0.39 is 11.8 Å². The van der Waals surface area contributed by atoms with E-state index in [1.807, 2.05) is 0 Å². The zero-order valence-electron chi connectivity index (χ0n) is 9.90. The Morgan fingerprint density at radius 3 is 2.74 bits per heavy atom. The lowest BCUT2D eigenvalue weighted by molar-refractivity contribution is -0.139. The van der Waals surface area contributed by atoms with Crippen molar-refractivity contribution in [3.05, 3.63) is 28.5 Å². The van der Waals surface area contributed by atoms with Gasteiger partial charge in [-0.1, -0.05) is 0 Å². The average molecular weight is 331 g/mol. The molecule has 2 rings (SSSR count). The molecule has 1 saturated heterocycles. The van der Waals surface area contributed by atoms with E-state index in [9.17, 15) is 14.0 Å². The summed E-state index contributed by atoms with van der Waals surface area (Å²) in [5, 5.41) is 11.2. The van der Waals surface area contributed by atoms with Crippen LogP contribution in [-0.2, 0) is 4.79 Å². The predicted molar refractivity (Wildman–Crippen MR) is 70.4 cm³/mol. The molecule has 0 spiro atoms. The number of carboxylic acid groups (broad SMARTS) is 1. The van der Waals surface area contributed by atoms with Gasteiger partial charge in [-0.05, 0) is 34.1 Å². The van der Waals surface area contributed by atoms with Crippen molar-refractivity contribution in [1.82, 2.24) is 4.90 Å². The van der Waals surface area contributed by atoms with Crippen LogP contribution in [0.25, 0.3) is 0 Å². The van der Waals surface area contributed by atoms with Crippen LogP contribution in [0.5, 0.6) is 0 Å². The summed E-state index contributed by atoms with van der Waals surface area (Å²) in [5.74, 6) is -1.31. The van der Waals surface area contributed by atoms with E-state index in [0.29, 0.717) is 23.2 Å². The molecule has 1 heterocycles. The lowest BCUT2D eigenvalue weighted by atomic mass is 9.97. The highest BCUT2D eigenvalue weighted by atomic mass is 79.9. The molecule has 2 N–H and O–H groups in total. The number of urea groups is 1. The zero-order valence-corrected chi connectivity index (χ0v) is 11.5. The molecule has 1 aliphatic rings. The Balaban J connectivity index is 1.85. The Labute approximate surface area is 117 Å². The van der Waals surface area contributed by atoms with E-state index in [1.165, 1.54) is 17.0 Å². The van der Waals surface area contributed by atoms with Crippen molar-refractivity contribution in [3.8, 4) is 0 Å². The van der Waals surface area contributed by atoms with Crippen LogP contribution in [-0.4, -0.2) is 35.1 Å². The lowest BCUT2D eigenvalue weighted by Crippen LogP contribution is -2.52. The lowest BCUT2D eigenvalue weighted by Gasteiger charge is -2.38. The second-order valence-electron chi connectivity index (χ2n) is 4.43. The number of nitrogens with one attached hydrogen (secondary N) is 1. The molecule has 19 heavy (non-hydrogen) atoms. The van der Waals surface area contributed by atoms with E-state index in [1.54, 1.807) is 6.07 Å². The topological polar surface area (TPSA) is 69.6 Å². The molecule has 1 aliphatic heterocycles. The number of carbonyl (C=O) groups is 2. The Morgan fingerprint density at radius 1 is 1.47 bits per heavy atom. The van der Waals surface area contributed by atoms with Crippen molar-refractivity contribution in [2.75, 3.05) is 18.4 Å². The second kappa shape index (κ2) is 5.56. The van der Waals surface area contributed by atoms with Gasteiger partial charge in [0.2, 0.25) is 0 Å². The first-order chi connectivity index (χ1) is 8.95. The summed E-state index contributed by atoms with van der Waals surface area (Å²) < 4.78 is 13.6. The molecule has 0 saturated carbocycles. The Hall–Kier alpha value is -1.63. The fraction of sp³-hybridized carbons (Fsp3) is 0.333. The third kappa shape index (κ3) is 3.44. The SMILES string of the molecule is O=C(O)CC1CN(C(=O)Nc2ccc(Br)c(F)c2)C1. The molecule has 7 heteroatoms. The van der Waals surface area contributed by atoms with Gasteiger partial charge < -0.3 is 15.3 Å². The van der Waals surface area contributed by atoms with Crippen molar-refractivity contribution in [2.24, 2.45) is 5.92 Å². The first-order valence-corrected chi connectivity index (χ1v) is 6.48. The number of benzene rings is 1. The number of hydrogen-bond acceptors (Lipinski definition) is 2. The smallest absolute Gasteiger partial charge is 0.321 e. The second-order valence-corrected chi connectivity index (χ2v) is 5.28. The Bertz CT molecular complexity index is 518. The fourth-order valence-electron chi connectivity index (χ4n) is 1.89. The first-order valence-electron chi connectivity index (χ1n) is 5.68. The highest BCUT2D eigenvalue weighted by Gasteiger charge is 2.32. The van der Waals surface area contributed by atoms with Gasteiger partial charge in [0.25, 0.3) is 0 Å². The number of hydrogen-bond donors (Lipinski definition) is 2. The minimum absolute atomic E-state index is 0.00454. The van der Waals surface area contributed by atoms with Gasteiger partial charge in [0.05, 0.1) is 10.9 Å². The fourth-order valence-corrected chi connectivity index (χ4v) is 2.13. The molecule has 1 aromatic carbocycles. The molecule has 0 bridgehead atoms. The molecule has 0 atom stereocenters. The number of halogens is 2. The van der Waals surface area contributed by atoms with Gasteiger partial charge in [0.1, 0.15) is 5.82 Å². The van der Waals surface area contributed by atoms with Gasteiger partial charge in [-0.3, -0.25) is 4.79 Å². The van der Waals surface area contributed by atoms with Crippen LogP contribution in [0.3, 0.4) is 0 Å². The maximum atomic E-state index is 13.3. The van der Waals surface area contributed by atoms with Crippen LogP contribution in [0, 0.1) is 11.7 Å². The van der Waals surface area contributed by atoms with Crippen LogP contribution < -0.4 is 5.32 Å². The summed E-state index contributed by atoms with van der Waals surface area (Å²) >= 11 is 3.03. The third-order valence-electron chi connectivity index (χ3n) is 2.88. The Morgan fingerprint density at radius 2 is 2.16 bits per heavy atom. The number of carbonyl (C=O) groups excluding carboxylic acids is 1. The number of likely N-dealkylation sites (tertiary alicyclic amines) is 1. The summed E-state index contributed by atoms with van der Waals surface area (Å²) in [4.78, 5) is 23.7. The molecule has 2 amide bonds. The van der Waals surface area contributed by atoms with Crippen LogP contribution in [0.1, 0.15) is 6.42 Å². The van der Waals surface area contributed by atoms with Gasteiger partial charge in [-0.2, -0.15) is 0 Å². The number of carboxylic acids is 1. The molecule has 1 aromatic rings. The minimum atomic E-state index is -0.861.